The molecule has 1 heterocycles. The number of carbonyl (C=O) groups excluding carboxylic acids is 1. The first-order valence-electron chi connectivity index (χ1n) is 8.53. The molecule has 9 heteroatoms. The van der Waals surface area contributed by atoms with Crippen LogP contribution in [0.5, 0.6) is 0 Å². The largest absolute Gasteiger partial charge is 0.354 e. The summed E-state index contributed by atoms with van der Waals surface area (Å²) >= 11 is 0. The number of aliphatic imine (C=N–C) groups is 1. The van der Waals surface area contributed by atoms with E-state index in [-0.39, 0.29) is 24.2 Å². The molecule has 1 aliphatic rings. The third-order valence-corrected chi connectivity index (χ3v) is 5.86. The van der Waals surface area contributed by atoms with Crippen LogP contribution >= 0.6 is 0 Å². The van der Waals surface area contributed by atoms with Gasteiger partial charge in [0.1, 0.15) is 6.54 Å². The Morgan fingerprint density at radius 2 is 1.92 bits per heavy atom. The fourth-order valence-corrected chi connectivity index (χ4v) is 3.46. The molecule has 1 amide bonds. The van der Waals surface area contributed by atoms with E-state index in [1.54, 1.807) is 25.3 Å². The van der Waals surface area contributed by atoms with Gasteiger partial charge < -0.3 is 15.5 Å². The molecule has 0 radical (unpaired) electrons. The summed E-state index contributed by atoms with van der Waals surface area (Å²) in [6.45, 7) is 9.03. The van der Waals surface area contributed by atoms with Crippen LogP contribution in [0.4, 0.5) is 0 Å². The van der Waals surface area contributed by atoms with Crippen molar-refractivity contribution in [1.29, 1.82) is 0 Å². The maximum Gasteiger partial charge on any atom is 0.243 e. The average Bonchev–Trinajstić information content (AvgIpc) is 2.57. The third-order valence-electron chi connectivity index (χ3n) is 3.98. The molecule has 0 aliphatic carbocycles. The van der Waals surface area contributed by atoms with E-state index in [1.807, 2.05) is 6.92 Å². The molecule has 0 aromatic carbocycles. The van der Waals surface area contributed by atoms with Crippen LogP contribution < -0.4 is 10.6 Å². The minimum absolute atomic E-state index is 0.0571. The van der Waals surface area contributed by atoms with Crippen molar-refractivity contribution >= 4 is 21.9 Å². The normalized spacial score (nSPS) is 17.2. The predicted molar refractivity (Wildman–Crippen MR) is 101 cm³/mol. The van der Waals surface area contributed by atoms with Crippen molar-refractivity contribution < 1.29 is 13.2 Å². The maximum absolute atomic E-state index is 11.9. The van der Waals surface area contributed by atoms with Gasteiger partial charge in [0.25, 0.3) is 0 Å². The standard InChI is InChI=1S/C16H31N5O3S/c1-6-25(23,24)21-9-7-14(8-10-21)19-16(17-11-13(2)3)18-12-15(22)20(4)5/h14H,2,6-12H2,1,3-5H3,(H2,17,18,19). The van der Waals surface area contributed by atoms with E-state index in [4.69, 9.17) is 0 Å². The van der Waals surface area contributed by atoms with Crippen LogP contribution in [-0.4, -0.2) is 81.6 Å². The number of amides is 1. The van der Waals surface area contributed by atoms with Crippen molar-refractivity contribution in [3.63, 3.8) is 0 Å². The molecular formula is C16H31N5O3S. The summed E-state index contributed by atoms with van der Waals surface area (Å²) in [7, 11) is 0.254. The second-order valence-electron chi connectivity index (χ2n) is 6.48. The van der Waals surface area contributed by atoms with E-state index in [2.05, 4.69) is 22.2 Å². The molecule has 144 valence electrons. The van der Waals surface area contributed by atoms with Gasteiger partial charge in [-0.15, -0.1) is 0 Å². The Morgan fingerprint density at radius 1 is 1.32 bits per heavy atom. The number of guanidine groups is 1. The summed E-state index contributed by atoms with van der Waals surface area (Å²) < 4.78 is 25.4. The van der Waals surface area contributed by atoms with Crippen LogP contribution in [0, 0.1) is 0 Å². The van der Waals surface area contributed by atoms with Crippen molar-refractivity contribution in [2.45, 2.75) is 32.7 Å². The van der Waals surface area contributed by atoms with Gasteiger partial charge in [0, 0.05) is 39.8 Å². The highest BCUT2D eigenvalue weighted by molar-refractivity contribution is 7.89. The summed E-state index contributed by atoms with van der Waals surface area (Å²) in [6.07, 6.45) is 1.41. The van der Waals surface area contributed by atoms with Crippen LogP contribution in [0.25, 0.3) is 0 Å². The molecule has 1 aliphatic heterocycles. The second kappa shape index (κ2) is 9.76. The quantitative estimate of drug-likeness (QED) is 0.372. The van der Waals surface area contributed by atoms with E-state index < -0.39 is 10.0 Å². The molecule has 1 fully saturated rings. The van der Waals surface area contributed by atoms with Crippen molar-refractivity contribution in [3.8, 4) is 0 Å². The summed E-state index contributed by atoms with van der Waals surface area (Å²) in [5.41, 5.74) is 0.956. The summed E-state index contributed by atoms with van der Waals surface area (Å²) in [4.78, 5) is 17.6. The number of nitrogens with one attached hydrogen (secondary N) is 2. The fourth-order valence-electron chi connectivity index (χ4n) is 2.33. The van der Waals surface area contributed by atoms with Gasteiger partial charge in [-0.3, -0.25) is 4.79 Å². The van der Waals surface area contributed by atoms with Gasteiger partial charge in [-0.25, -0.2) is 17.7 Å². The Labute approximate surface area is 151 Å². The maximum atomic E-state index is 11.9. The van der Waals surface area contributed by atoms with E-state index in [1.165, 1.54) is 4.90 Å². The first-order chi connectivity index (χ1) is 11.7. The summed E-state index contributed by atoms with van der Waals surface area (Å²) in [5.74, 6) is 0.597. The molecular weight excluding hydrogens is 342 g/mol. The molecule has 0 atom stereocenters. The van der Waals surface area contributed by atoms with Crippen LogP contribution in [0.15, 0.2) is 17.1 Å². The highest BCUT2D eigenvalue weighted by Crippen LogP contribution is 2.14. The van der Waals surface area contributed by atoms with Gasteiger partial charge in [0.05, 0.1) is 5.75 Å². The fraction of sp³-hybridized carbons (Fsp3) is 0.750. The summed E-state index contributed by atoms with van der Waals surface area (Å²) in [6, 6.07) is 0.120. The number of hydrogen-bond donors (Lipinski definition) is 2. The Kier molecular flexibility index (Phi) is 8.37. The first kappa shape index (κ1) is 21.4. The molecule has 0 unspecified atom stereocenters. The van der Waals surface area contributed by atoms with Crippen LogP contribution in [0.1, 0.15) is 26.7 Å². The lowest BCUT2D eigenvalue weighted by Gasteiger charge is -2.32. The minimum atomic E-state index is -3.13. The SMILES string of the molecule is C=C(C)CNC(=NCC(=O)N(C)C)NC1CCN(S(=O)(=O)CC)CC1. The van der Waals surface area contributed by atoms with E-state index in [0.717, 1.165) is 5.57 Å². The highest BCUT2D eigenvalue weighted by Gasteiger charge is 2.27. The van der Waals surface area contributed by atoms with Crippen molar-refractivity contribution in [3.05, 3.63) is 12.2 Å². The van der Waals surface area contributed by atoms with Crippen molar-refractivity contribution in [1.82, 2.24) is 19.8 Å². The summed E-state index contributed by atoms with van der Waals surface area (Å²) in [5, 5.41) is 6.45. The Morgan fingerprint density at radius 3 is 2.40 bits per heavy atom. The molecule has 0 spiro atoms. The minimum Gasteiger partial charge on any atom is -0.354 e. The number of likely N-dealkylation sites (N-methyl/N-ethyl adjacent to an activating group) is 1. The number of hydrogen-bond acceptors (Lipinski definition) is 4. The van der Waals surface area contributed by atoms with Gasteiger partial charge in [0.15, 0.2) is 5.96 Å². The van der Waals surface area contributed by atoms with Crippen LogP contribution in [0.2, 0.25) is 0 Å². The van der Waals surface area contributed by atoms with Gasteiger partial charge in [-0.1, -0.05) is 12.2 Å². The van der Waals surface area contributed by atoms with Gasteiger partial charge in [0.2, 0.25) is 15.9 Å². The zero-order valence-electron chi connectivity index (χ0n) is 15.7. The van der Waals surface area contributed by atoms with E-state index in [9.17, 15) is 13.2 Å². The molecule has 1 saturated heterocycles. The van der Waals surface area contributed by atoms with Crippen LogP contribution in [-0.2, 0) is 14.8 Å². The number of carbonyl (C=O) groups is 1. The Hall–Kier alpha value is -1.61. The highest BCUT2D eigenvalue weighted by atomic mass is 32.2. The molecule has 2 N–H and O–H groups in total. The van der Waals surface area contributed by atoms with Gasteiger partial charge in [-0.2, -0.15) is 0 Å². The topological polar surface area (TPSA) is 94.1 Å². The van der Waals surface area contributed by atoms with Crippen LogP contribution in [0.3, 0.4) is 0 Å². The van der Waals surface area contributed by atoms with E-state index in [0.29, 0.717) is 38.4 Å². The number of nitrogens with zero attached hydrogens (tertiary/aromatic N) is 3. The molecule has 0 saturated carbocycles. The molecule has 0 aromatic rings. The van der Waals surface area contributed by atoms with Gasteiger partial charge in [-0.05, 0) is 26.7 Å². The number of sulfonamides is 1. The lowest BCUT2D eigenvalue weighted by atomic mass is 10.1. The zero-order chi connectivity index (χ0) is 19.0. The van der Waals surface area contributed by atoms with Gasteiger partial charge >= 0.3 is 0 Å². The Bertz CT molecular complexity index is 593. The zero-order valence-corrected chi connectivity index (χ0v) is 16.5. The predicted octanol–water partition coefficient (Wildman–Crippen LogP) is 0.00000000000000377. The molecule has 0 aromatic heterocycles. The Balaban J connectivity index is 2.64. The van der Waals surface area contributed by atoms with Crippen molar-refractivity contribution in [2.24, 2.45) is 4.99 Å². The smallest absolute Gasteiger partial charge is 0.243 e. The molecule has 1 rings (SSSR count). The van der Waals surface area contributed by atoms with Crippen molar-refractivity contribution in [2.75, 3.05) is 46.0 Å². The monoisotopic (exact) mass is 373 g/mol. The lowest BCUT2D eigenvalue weighted by molar-refractivity contribution is -0.127. The number of rotatable bonds is 7. The average molecular weight is 374 g/mol. The first-order valence-corrected chi connectivity index (χ1v) is 10.1. The lowest BCUT2D eigenvalue weighted by Crippen LogP contribution is -2.50. The second-order valence-corrected chi connectivity index (χ2v) is 8.74. The molecule has 25 heavy (non-hydrogen) atoms. The third kappa shape index (κ3) is 7.43. The molecule has 0 bridgehead atoms. The van der Waals surface area contributed by atoms with E-state index >= 15 is 0 Å². The molecule has 8 nitrogen and oxygen atoms in total. The number of piperidine rings is 1.